The van der Waals surface area contributed by atoms with Gasteiger partial charge in [-0.2, -0.15) is 0 Å². The fourth-order valence-corrected chi connectivity index (χ4v) is 1.12. The Morgan fingerprint density at radius 1 is 1.50 bits per heavy atom. The van der Waals surface area contributed by atoms with Gasteiger partial charge >= 0.3 is 0 Å². The Kier molecular flexibility index (Phi) is 4.25. The Hall–Kier alpha value is 0.210. The molecule has 1 rings (SSSR count). The molecule has 1 saturated carbocycles. The summed E-state index contributed by atoms with van der Waals surface area (Å²) in [5.74, 6) is 0. The van der Waals surface area contributed by atoms with Crippen molar-refractivity contribution in [2.75, 3.05) is 13.2 Å². The van der Waals surface area contributed by atoms with Gasteiger partial charge in [-0.1, -0.05) is 0 Å². The van der Waals surface area contributed by atoms with E-state index >= 15 is 0 Å². The smallest absolute Gasteiger partial charge is 0.0655 e. The van der Waals surface area contributed by atoms with Gasteiger partial charge in [0.15, 0.2) is 0 Å². The van der Waals surface area contributed by atoms with Crippen molar-refractivity contribution in [2.45, 2.75) is 31.8 Å². The average Bonchev–Trinajstić information content (AvgIpc) is 1.79. The summed E-state index contributed by atoms with van der Waals surface area (Å²) >= 11 is 0. The lowest BCUT2D eigenvalue weighted by Gasteiger charge is -2.38. The van der Waals surface area contributed by atoms with Crippen molar-refractivity contribution >= 4 is 12.4 Å². The predicted molar refractivity (Wildman–Crippen MR) is 44.5 cm³/mol. The highest BCUT2D eigenvalue weighted by molar-refractivity contribution is 5.85. The predicted octanol–water partition coefficient (Wildman–Crippen LogP) is 1.33. The summed E-state index contributed by atoms with van der Waals surface area (Å²) in [6.07, 6.45) is 3.75. The molecule has 1 fully saturated rings. The maximum Gasteiger partial charge on any atom is 0.0655 e. The van der Waals surface area contributed by atoms with Crippen LogP contribution >= 0.6 is 12.4 Å². The second kappa shape index (κ2) is 4.16. The molecule has 62 valence electrons. The Bertz CT molecular complexity index is 93.6. The number of hydrogen-bond acceptors (Lipinski definition) is 2. The molecule has 0 saturated heterocycles. The van der Waals surface area contributed by atoms with Gasteiger partial charge in [0.05, 0.1) is 12.2 Å². The Morgan fingerprint density at radius 2 is 2.10 bits per heavy atom. The van der Waals surface area contributed by atoms with Crippen LogP contribution in [0.2, 0.25) is 0 Å². The van der Waals surface area contributed by atoms with Gasteiger partial charge in [-0.25, -0.2) is 0 Å². The van der Waals surface area contributed by atoms with Crippen LogP contribution in [0.3, 0.4) is 0 Å². The van der Waals surface area contributed by atoms with E-state index in [-0.39, 0.29) is 18.0 Å². The zero-order valence-corrected chi connectivity index (χ0v) is 7.25. The van der Waals surface area contributed by atoms with Crippen LogP contribution in [0.25, 0.3) is 0 Å². The zero-order chi connectivity index (χ0) is 6.74. The molecule has 0 atom stereocenters. The quantitative estimate of drug-likeness (QED) is 0.685. The highest BCUT2D eigenvalue weighted by Crippen LogP contribution is 2.34. The molecule has 0 aromatic heterocycles. The molecule has 0 radical (unpaired) electrons. The van der Waals surface area contributed by atoms with E-state index in [0.717, 1.165) is 6.61 Å². The van der Waals surface area contributed by atoms with Gasteiger partial charge in [0.1, 0.15) is 0 Å². The molecule has 1 aliphatic rings. The van der Waals surface area contributed by atoms with Gasteiger partial charge in [0, 0.05) is 6.54 Å². The van der Waals surface area contributed by atoms with Crippen LogP contribution in [0.1, 0.15) is 26.2 Å². The van der Waals surface area contributed by atoms with Gasteiger partial charge in [0.2, 0.25) is 0 Å². The summed E-state index contributed by atoms with van der Waals surface area (Å²) in [6, 6.07) is 0. The Balaban J connectivity index is 0.000000810. The van der Waals surface area contributed by atoms with Crippen LogP contribution in [0.5, 0.6) is 0 Å². The highest BCUT2D eigenvalue weighted by atomic mass is 35.5. The summed E-state index contributed by atoms with van der Waals surface area (Å²) in [7, 11) is 0. The van der Waals surface area contributed by atoms with Crippen molar-refractivity contribution in [3.63, 3.8) is 0 Å². The van der Waals surface area contributed by atoms with Crippen molar-refractivity contribution in [1.29, 1.82) is 0 Å². The van der Waals surface area contributed by atoms with Crippen LogP contribution in [-0.2, 0) is 4.74 Å². The van der Waals surface area contributed by atoms with Crippen LogP contribution in [0.15, 0.2) is 0 Å². The summed E-state index contributed by atoms with van der Waals surface area (Å²) in [5, 5.41) is 0. The Labute approximate surface area is 68.5 Å². The molecular weight excluding hydrogens is 150 g/mol. The molecule has 0 amide bonds. The van der Waals surface area contributed by atoms with Gasteiger partial charge in [-0.15, -0.1) is 12.4 Å². The summed E-state index contributed by atoms with van der Waals surface area (Å²) in [4.78, 5) is 0. The molecule has 0 spiro atoms. The molecule has 10 heavy (non-hydrogen) atoms. The molecule has 0 heterocycles. The van der Waals surface area contributed by atoms with Crippen molar-refractivity contribution in [3.8, 4) is 0 Å². The minimum Gasteiger partial charge on any atom is -0.374 e. The zero-order valence-electron chi connectivity index (χ0n) is 6.43. The van der Waals surface area contributed by atoms with Crippen molar-refractivity contribution < 1.29 is 4.74 Å². The van der Waals surface area contributed by atoms with E-state index in [2.05, 4.69) is 6.92 Å². The van der Waals surface area contributed by atoms with E-state index in [1.807, 2.05) is 0 Å². The van der Waals surface area contributed by atoms with E-state index in [0.29, 0.717) is 6.54 Å². The van der Waals surface area contributed by atoms with Gasteiger partial charge in [-0.05, 0) is 26.2 Å². The maximum atomic E-state index is 5.49. The molecule has 2 nitrogen and oxygen atoms in total. The van der Waals surface area contributed by atoms with Crippen LogP contribution in [0.4, 0.5) is 0 Å². The minimum atomic E-state index is 0. The van der Waals surface area contributed by atoms with E-state index in [1.165, 1.54) is 19.3 Å². The highest BCUT2D eigenvalue weighted by Gasteiger charge is 2.31. The number of hydrogen-bond donors (Lipinski definition) is 1. The van der Waals surface area contributed by atoms with E-state index < -0.39 is 0 Å². The normalized spacial score (nSPS) is 21.0. The molecule has 0 unspecified atom stereocenters. The topological polar surface area (TPSA) is 35.2 Å². The van der Waals surface area contributed by atoms with Crippen molar-refractivity contribution in [1.82, 2.24) is 0 Å². The van der Waals surface area contributed by atoms with E-state index in [4.69, 9.17) is 10.5 Å². The van der Waals surface area contributed by atoms with Crippen molar-refractivity contribution in [2.24, 2.45) is 5.73 Å². The van der Waals surface area contributed by atoms with Gasteiger partial charge in [0.25, 0.3) is 0 Å². The minimum absolute atomic E-state index is 0. The fourth-order valence-electron chi connectivity index (χ4n) is 1.12. The summed E-state index contributed by atoms with van der Waals surface area (Å²) in [5.41, 5.74) is 5.48. The summed E-state index contributed by atoms with van der Waals surface area (Å²) < 4.78 is 5.49. The third-order valence-electron chi connectivity index (χ3n) is 1.98. The molecule has 0 aliphatic heterocycles. The first-order valence-electron chi connectivity index (χ1n) is 3.61. The monoisotopic (exact) mass is 165 g/mol. The second-order valence-corrected chi connectivity index (χ2v) is 2.94. The lowest BCUT2D eigenvalue weighted by molar-refractivity contribution is -0.0819. The van der Waals surface area contributed by atoms with Crippen LogP contribution in [0, 0.1) is 0 Å². The number of nitrogens with two attached hydrogens (primary N) is 1. The first kappa shape index (κ1) is 10.2. The molecule has 0 bridgehead atoms. The van der Waals surface area contributed by atoms with Crippen LogP contribution in [-0.4, -0.2) is 18.8 Å². The molecule has 1 aliphatic carbocycles. The third kappa shape index (κ3) is 2.45. The van der Waals surface area contributed by atoms with E-state index in [9.17, 15) is 0 Å². The summed E-state index contributed by atoms with van der Waals surface area (Å²) in [6.45, 7) is 3.53. The largest absolute Gasteiger partial charge is 0.374 e. The average molecular weight is 166 g/mol. The van der Waals surface area contributed by atoms with E-state index in [1.54, 1.807) is 0 Å². The lowest BCUT2D eigenvalue weighted by Crippen LogP contribution is -2.37. The second-order valence-electron chi connectivity index (χ2n) is 2.94. The van der Waals surface area contributed by atoms with Gasteiger partial charge < -0.3 is 10.5 Å². The fraction of sp³-hybridized carbons (Fsp3) is 1.00. The lowest BCUT2D eigenvalue weighted by atomic mass is 9.82. The third-order valence-corrected chi connectivity index (χ3v) is 1.98. The number of rotatable bonds is 3. The number of ether oxygens (including phenoxy) is 1. The first-order chi connectivity index (χ1) is 4.27. The van der Waals surface area contributed by atoms with Crippen molar-refractivity contribution in [3.05, 3.63) is 0 Å². The molecule has 0 aromatic carbocycles. The van der Waals surface area contributed by atoms with Gasteiger partial charge in [-0.3, -0.25) is 0 Å². The molecular formula is C7H16ClNO. The maximum absolute atomic E-state index is 5.49. The molecule has 0 aromatic rings. The molecule has 2 N–H and O–H groups in total. The Morgan fingerprint density at radius 3 is 2.40 bits per heavy atom. The molecule has 3 heteroatoms. The first-order valence-corrected chi connectivity index (χ1v) is 3.61. The number of halogens is 1. The SMILES string of the molecule is CC1(OCCN)CCC1.Cl. The standard InChI is InChI=1S/C7H15NO.ClH/c1-7(3-2-4-7)9-6-5-8;/h2-6,8H2,1H3;1H. The van der Waals surface area contributed by atoms with Crippen LogP contribution < -0.4 is 5.73 Å².